The van der Waals surface area contributed by atoms with Crippen LogP contribution in [-0.4, -0.2) is 18.7 Å². The standard InChI is InChI=1S/C9H7ClF3N3S/c10-5-1-2-6-7(3-5)17-16-8(15-6)14-4-9(11,12)13/h1-3H,4H2,(H2,14,15,16). The Balaban J connectivity index is 2.11. The fraction of sp³-hybridized carbons (Fsp3) is 0.222. The molecule has 0 saturated heterocycles. The quantitative estimate of drug-likeness (QED) is 0.776. The molecule has 1 aromatic rings. The van der Waals surface area contributed by atoms with Crippen LogP contribution in [0, 0.1) is 0 Å². The molecular formula is C9H7ClF3N3S. The number of aliphatic imine (C=N–C) groups is 1. The summed E-state index contributed by atoms with van der Waals surface area (Å²) in [6.07, 6.45) is -4.30. The SMILES string of the molecule is FC(F)(F)CN=C1NSc2cc(Cl)ccc2N1. The van der Waals surface area contributed by atoms with Gasteiger partial charge in [0.2, 0.25) is 5.96 Å². The van der Waals surface area contributed by atoms with Gasteiger partial charge in [-0.15, -0.1) is 0 Å². The second-order valence-electron chi connectivity index (χ2n) is 3.25. The molecule has 2 rings (SSSR count). The zero-order chi connectivity index (χ0) is 12.5. The molecule has 1 aromatic carbocycles. The Morgan fingerprint density at radius 1 is 1.35 bits per heavy atom. The zero-order valence-corrected chi connectivity index (χ0v) is 9.88. The minimum Gasteiger partial charge on any atom is -0.325 e. The fourth-order valence-electron chi connectivity index (χ4n) is 1.18. The summed E-state index contributed by atoms with van der Waals surface area (Å²) in [5.74, 6) is 0.0853. The smallest absolute Gasteiger partial charge is 0.325 e. The van der Waals surface area contributed by atoms with Gasteiger partial charge in [0.05, 0.1) is 10.6 Å². The maximum Gasteiger partial charge on any atom is 0.408 e. The van der Waals surface area contributed by atoms with Gasteiger partial charge in [-0.05, 0) is 30.1 Å². The van der Waals surface area contributed by atoms with Gasteiger partial charge in [-0.1, -0.05) is 11.6 Å². The van der Waals surface area contributed by atoms with Gasteiger partial charge in [-0.2, -0.15) is 13.2 Å². The molecule has 0 amide bonds. The molecule has 17 heavy (non-hydrogen) atoms. The number of anilines is 1. The average molecular weight is 282 g/mol. The summed E-state index contributed by atoms with van der Waals surface area (Å²) in [6, 6.07) is 5.05. The largest absolute Gasteiger partial charge is 0.408 e. The van der Waals surface area contributed by atoms with Gasteiger partial charge in [0.15, 0.2) is 0 Å². The first-order chi connectivity index (χ1) is 7.94. The van der Waals surface area contributed by atoms with Crippen LogP contribution in [0.25, 0.3) is 0 Å². The van der Waals surface area contributed by atoms with Crippen molar-refractivity contribution in [1.29, 1.82) is 0 Å². The third-order valence-electron chi connectivity index (χ3n) is 1.87. The van der Waals surface area contributed by atoms with Gasteiger partial charge < -0.3 is 5.32 Å². The molecule has 0 atom stereocenters. The summed E-state index contributed by atoms with van der Waals surface area (Å²) in [5, 5.41) is 3.32. The predicted octanol–water partition coefficient (Wildman–Crippen LogP) is 3.28. The number of hydrogen-bond donors (Lipinski definition) is 2. The molecule has 0 bridgehead atoms. The number of hydrogen-bond acceptors (Lipinski definition) is 2. The molecule has 0 fully saturated rings. The van der Waals surface area contributed by atoms with Crippen molar-refractivity contribution in [2.75, 3.05) is 11.9 Å². The van der Waals surface area contributed by atoms with E-state index in [4.69, 9.17) is 11.6 Å². The van der Waals surface area contributed by atoms with E-state index in [1.54, 1.807) is 18.2 Å². The lowest BCUT2D eigenvalue weighted by atomic mass is 10.3. The lowest BCUT2D eigenvalue weighted by molar-refractivity contribution is -0.118. The topological polar surface area (TPSA) is 36.4 Å². The second kappa shape index (κ2) is 4.66. The van der Waals surface area contributed by atoms with Crippen molar-refractivity contribution in [3.8, 4) is 0 Å². The molecule has 92 valence electrons. The maximum atomic E-state index is 12.0. The van der Waals surface area contributed by atoms with Crippen LogP contribution in [0.3, 0.4) is 0 Å². The summed E-state index contributed by atoms with van der Waals surface area (Å²) >= 11 is 6.95. The number of nitrogens with zero attached hydrogens (tertiary/aromatic N) is 1. The summed E-state index contributed by atoms with van der Waals surface area (Å²) in [4.78, 5) is 4.20. The summed E-state index contributed by atoms with van der Waals surface area (Å²) in [6.45, 7) is -1.22. The monoisotopic (exact) mass is 281 g/mol. The Kier molecular flexibility index (Phi) is 3.39. The van der Waals surface area contributed by atoms with E-state index < -0.39 is 12.7 Å². The Bertz CT molecular complexity index is 461. The average Bonchev–Trinajstić information content (AvgIpc) is 2.25. The van der Waals surface area contributed by atoms with E-state index in [1.807, 2.05) is 0 Å². The molecule has 0 aromatic heterocycles. The summed E-state index contributed by atoms with van der Waals surface area (Å²) < 4.78 is 38.6. The fourth-order valence-corrected chi connectivity index (χ4v) is 2.15. The van der Waals surface area contributed by atoms with E-state index in [2.05, 4.69) is 15.0 Å². The van der Waals surface area contributed by atoms with Gasteiger partial charge in [0.25, 0.3) is 0 Å². The van der Waals surface area contributed by atoms with Crippen LogP contribution in [0.15, 0.2) is 28.1 Å². The third kappa shape index (κ3) is 3.44. The molecule has 0 saturated carbocycles. The van der Waals surface area contributed by atoms with Crippen molar-refractivity contribution in [1.82, 2.24) is 4.72 Å². The van der Waals surface area contributed by atoms with E-state index in [0.717, 1.165) is 4.90 Å². The first-order valence-electron chi connectivity index (χ1n) is 4.55. The van der Waals surface area contributed by atoms with E-state index in [9.17, 15) is 13.2 Å². The van der Waals surface area contributed by atoms with Crippen LogP contribution in [0.1, 0.15) is 0 Å². The van der Waals surface area contributed by atoms with Crippen LogP contribution >= 0.6 is 23.5 Å². The highest BCUT2D eigenvalue weighted by molar-refractivity contribution is 7.98. The normalized spacial score (nSPS) is 17.3. The third-order valence-corrected chi connectivity index (χ3v) is 2.96. The van der Waals surface area contributed by atoms with Crippen molar-refractivity contribution in [2.24, 2.45) is 4.99 Å². The molecule has 8 heteroatoms. The highest BCUT2D eigenvalue weighted by Gasteiger charge is 2.27. The molecule has 0 unspecified atom stereocenters. The summed E-state index contributed by atoms with van der Waals surface area (Å²) in [7, 11) is 0. The number of guanidine groups is 1. The van der Waals surface area contributed by atoms with E-state index in [0.29, 0.717) is 10.7 Å². The minimum absolute atomic E-state index is 0.0853. The zero-order valence-electron chi connectivity index (χ0n) is 8.31. The summed E-state index contributed by atoms with van der Waals surface area (Å²) in [5.41, 5.74) is 0.680. The van der Waals surface area contributed by atoms with Crippen molar-refractivity contribution in [3.05, 3.63) is 23.2 Å². The van der Waals surface area contributed by atoms with E-state index in [-0.39, 0.29) is 5.96 Å². The molecule has 1 aliphatic heterocycles. The second-order valence-corrected chi connectivity index (χ2v) is 4.53. The van der Waals surface area contributed by atoms with Crippen molar-refractivity contribution >= 4 is 35.2 Å². The van der Waals surface area contributed by atoms with Crippen LogP contribution < -0.4 is 10.0 Å². The first kappa shape index (κ1) is 12.4. The molecule has 2 N–H and O–H groups in total. The van der Waals surface area contributed by atoms with Crippen LogP contribution in [-0.2, 0) is 0 Å². The Hall–Kier alpha value is -1.08. The van der Waals surface area contributed by atoms with Gasteiger partial charge in [-0.3, -0.25) is 4.72 Å². The number of nitrogens with one attached hydrogen (secondary N) is 2. The molecule has 1 heterocycles. The highest BCUT2D eigenvalue weighted by Crippen LogP contribution is 2.31. The first-order valence-corrected chi connectivity index (χ1v) is 5.74. The van der Waals surface area contributed by atoms with Crippen molar-refractivity contribution in [3.63, 3.8) is 0 Å². The molecule has 0 spiro atoms. The predicted molar refractivity (Wildman–Crippen MR) is 62.4 cm³/mol. The van der Waals surface area contributed by atoms with Gasteiger partial charge in [0, 0.05) is 5.02 Å². The number of fused-ring (bicyclic) bond motifs is 1. The number of rotatable bonds is 1. The van der Waals surface area contributed by atoms with E-state index >= 15 is 0 Å². The van der Waals surface area contributed by atoms with Gasteiger partial charge >= 0.3 is 6.18 Å². The molecule has 1 aliphatic rings. The van der Waals surface area contributed by atoms with Gasteiger partial charge in [0.1, 0.15) is 6.54 Å². The Morgan fingerprint density at radius 2 is 2.12 bits per heavy atom. The van der Waals surface area contributed by atoms with E-state index in [1.165, 1.54) is 11.9 Å². The lowest BCUT2D eigenvalue weighted by Crippen LogP contribution is -2.30. The lowest BCUT2D eigenvalue weighted by Gasteiger charge is -2.20. The molecule has 3 nitrogen and oxygen atoms in total. The van der Waals surface area contributed by atoms with Crippen LogP contribution in [0.4, 0.5) is 18.9 Å². The van der Waals surface area contributed by atoms with Crippen LogP contribution in [0.5, 0.6) is 0 Å². The van der Waals surface area contributed by atoms with Crippen molar-refractivity contribution < 1.29 is 13.2 Å². The Labute approximate surface area is 105 Å². The molecule has 0 radical (unpaired) electrons. The maximum absolute atomic E-state index is 12.0. The Morgan fingerprint density at radius 3 is 2.82 bits per heavy atom. The number of benzene rings is 1. The van der Waals surface area contributed by atoms with Crippen LogP contribution in [0.2, 0.25) is 5.02 Å². The minimum atomic E-state index is -4.30. The van der Waals surface area contributed by atoms with Crippen molar-refractivity contribution in [2.45, 2.75) is 11.1 Å². The number of alkyl halides is 3. The molecule has 0 aliphatic carbocycles. The molecular weight excluding hydrogens is 275 g/mol. The highest BCUT2D eigenvalue weighted by atomic mass is 35.5. The number of halogens is 4. The van der Waals surface area contributed by atoms with Gasteiger partial charge in [-0.25, -0.2) is 4.99 Å².